The summed E-state index contributed by atoms with van der Waals surface area (Å²) in [5.41, 5.74) is -0.144. The van der Waals surface area contributed by atoms with Crippen molar-refractivity contribution >= 4 is 5.91 Å². The molecule has 0 atom stereocenters. The molecule has 0 spiro atoms. The number of carbonyl (C=O) groups is 1. The van der Waals surface area contributed by atoms with Crippen LogP contribution in [0.2, 0.25) is 0 Å². The Labute approximate surface area is 146 Å². The Hall–Kier alpha value is -2.18. The molecule has 1 aliphatic heterocycles. The van der Waals surface area contributed by atoms with Crippen molar-refractivity contribution in [3.05, 3.63) is 59.3 Å². The highest BCUT2D eigenvalue weighted by Gasteiger charge is 2.33. The second-order valence-electron chi connectivity index (χ2n) is 6.55. The molecule has 0 radical (unpaired) electrons. The van der Waals surface area contributed by atoms with E-state index in [1.54, 1.807) is 31.2 Å². The first-order valence-corrected chi connectivity index (χ1v) is 8.52. The molecule has 25 heavy (non-hydrogen) atoms. The minimum atomic E-state index is -0.904. The molecule has 1 fully saturated rings. The first kappa shape index (κ1) is 17.6. The first-order valence-electron chi connectivity index (χ1n) is 8.52. The predicted octanol–water partition coefficient (Wildman–Crippen LogP) is 2.44. The number of nitrogens with zero attached hydrogens (tertiary/aromatic N) is 1. The highest BCUT2D eigenvalue weighted by molar-refractivity contribution is 5.91. The lowest BCUT2D eigenvalue weighted by molar-refractivity contribution is -0.0255. The summed E-state index contributed by atoms with van der Waals surface area (Å²) in [6.45, 7) is 4.48. The van der Waals surface area contributed by atoms with Crippen molar-refractivity contribution in [3.63, 3.8) is 0 Å². The fourth-order valence-corrected chi connectivity index (χ4v) is 3.17. The Morgan fingerprint density at radius 1 is 1.24 bits per heavy atom. The third-order valence-electron chi connectivity index (χ3n) is 4.74. The second kappa shape index (κ2) is 7.37. The smallest absolute Gasteiger partial charge is 0.287 e. The van der Waals surface area contributed by atoms with Crippen LogP contribution in [0.3, 0.4) is 0 Å². The molecule has 2 aromatic rings. The van der Waals surface area contributed by atoms with Gasteiger partial charge >= 0.3 is 0 Å². The summed E-state index contributed by atoms with van der Waals surface area (Å²) < 4.78 is 18.3. The molecule has 2 heterocycles. The van der Waals surface area contributed by atoms with Gasteiger partial charge in [0.15, 0.2) is 5.76 Å². The summed E-state index contributed by atoms with van der Waals surface area (Å²) in [6, 6.07) is 9.48. The third-order valence-corrected chi connectivity index (χ3v) is 4.74. The van der Waals surface area contributed by atoms with Crippen molar-refractivity contribution in [1.29, 1.82) is 0 Å². The van der Waals surface area contributed by atoms with Gasteiger partial charge in [0.1, 0.15) is 11.6 Å². The maximum absolute atomic E-state index is 13.0. The third kappa shape index (κ3) is 4.27. The summed E-state index contributed by atoms with van der Waals surface area (Å²) in [7, 11) is 0. The quantitative estimate of drug-likeness (QED) is 0.873. The van der Waals surface area contributed by atoms with Crippen LogP contribution in [0, 0.1) is 12.7 Å². The molecular weight excluding hydrogens is 323 g/mol. The lowest BCUT2D eigenvalue weighted by atomic mass is 9.84. The number of hydrogen-bond acceptors (Lipinski definition) is 4. The minimum absolute atomic E-state index is 0.215. The van der Waals surface area contributed by atoms with Gasteiger partial charge in [-0.05, 0) is 49.6 Å². The summed E-state index contributed by atoms with van der Waals surface area (Å²) in [6.07, 6.45) is 1.17. The van der Waals surface area contributed by atoms with Gasteiger partial charge in [0.05, 0.1) is 5.60 Å². The van der Waals surface area contributed by atoms with Crippen LogP contribution in [0.15, 0.2) is 40.8 Å². The Morgan fingerprint density at radius 2 is 1.92 bits per heavy atom. The molecule has 0 saturated carbocycles. The van der Waals surface area contributed by atoms with E-state index in [9.17, 15) is 14.3 Å². The number of nitrogens with one attached hydrogen (secondary N) is 1. The van der Waals surface area contributed by atoms with Gasteiger partial charge in [-0.15, -0.1) is 0 Å². The van der Waals surface area contributed by atoms with Gasteiger partial charge in [-0.1, -0.05) is 12.1 Å². The molecule has 0 aliphatic carbocycles. The number of furan rings is 1. The summed E-state index contributed by atoms with van der Waals surface area (Å²) in [5, 5.41) is 13.6. The van der Waals surface area contributed by atoms with E-state index in [1.807, 2.05) is 0 Å². The van der Waals surface area contributed by atoms with Crippen LogP contribution in [0.4, 0.5) is 4.39 Å². The van der Waals surface area contributed by atoms with E-state index >= 15 is 0 Å². The van der Waals surface area contributed by atoms with E-state index in [0.717, 1.165) is 18.7 Å². The molecule has 6 heteroatoms. The number of piperidine rings is 1. The van der Waals surface area contributed by atoms with Crippen molar-refractivity contribution in [2.24, 2.45) is 0 Å². The van der Waals surface area contributed by atoms with Gasteiger partial charge in [0.2, 0.25) is 0 Å². The maximum atomic E-state index is 13.0. The molecule has 5 nitrogen and oxygen atoms in total. The Balaban J connectivity index is 1.45. The molecule has 0 bridgehead atoms. The van der Waals surface area contributed by atoms with Crippen molar-refractivity contribution in [3.8, 4) is 0 Å². The van der Waals surface area contributed by atoms with Crippen LogP contribution < -0.4 is 5.32 Å². The molecule has 3 rings (SSSR count). The van der Waals surface area contributed by atoms with Gasteiger partial charge in [0.25, 0.3) is 5.91 Å². The van der Waals surface area contributed by atoms with Crippen molar-refractivity contribution in [2.75, 3.05) is 26.2 Å². The number of aryl methyl sites for hydroxylation is 1. The monoisotopic (exact) mass is 346 g/mol. The van der Waals surface area contributed by atoms with Crippen molar-refractivity contribution in [2.45, 2.75) is 25.4 Å². The topological polar surface area (TPSA) is 65.7 Å². The number of benzene rings is 1. The highest BCUT2D eigenvalue weighted by atomic mass is 19.1. The molecule has 1 amide bonds. The Kier molecular flexibility index (Phi) is 5.20. The average Bonchev–Trinajstić information content (AvgIpc) is 3.04. The van der Waals surface area contributed by atoms with Crippen molar-refractivity contribution in [1.82, 2.24) is 10.2 Å². The number of likely N-dealkylation sites (tertiary alicyclic amines) is 1. The molecule has 1 aromatic heterocycles. The zero-order valence-corrected chi connectivity index (χ0v) is 14.3. The summed E-state index contributed by atoms with van der Waals surface area (Å²) >= 11 is 0. The highest BCUT2D eigenvalue weighted by Crippen LogP contribution is 2.32. The average molecular weight is 346 g/mol. The van der Waals surface area contributed by atoms with Crippen LogP contribution in [-0.2, 0) is 5.60 Å². The molecule has 134 valence electrons. The van der Waals surface area contributed by atoms with E-state index < -0.39 is 5.60 Å². The summed E-state index contributed by atoms with van der Waals surface area (Å²) in [4.78, 5) is 14.1. The fourth-order valence-electron chi connectivity index (χ4n) is 3.17. The van der Waals surface area contributed by atoms with E-state index in [-0.39, 0.29) is 11.7 Å². The van der Waals surface area contributed by atoms with Gasteiger partial charge in [-0.3, -0.25) is 4.79 Å². The van der Waals surface area contributed by atoms with Crippen molar-refractivity contribution < 1.29 is 18.7 Å². The van der Waals surface area contributed by atoms with Gasteiger partial charge in [0, 0.05) is 26.2 Å². The van der Waals surface area contributed by atoms with Crippen LogP contribution in [0.1, 0.15) is 34.7 Å². The molecule has 1 aromatic carbocycles. The number of amides is 1. The zero-order valence-electron chi connectivity index (χ0n) is 14.3. The Bertz CT molecular complexity index is 719. The number of rotatable bonds is 5. The predicted molar refractivity (Wildman–Crippen MR) is 91.7 cm³/mol. The van der Waals surface area contributed by atoms with Crippen LogP contribution >= 0.6 is 0 Å². The minimum Gasteiger partial charge on any atom is -0.456 e. The number of hydrogen-bond donors (Lipinski definition) is 2. The van der Waals surface area contributed by atoms with E-state index in [4.69, 9.17) is 4.42 Å². The van der Waals surface area contributed by atoms with Gasteiger partial charge in [-0.25, -0.2) is 4.39 Å². The normalized spacial score (nSPS) is 17.4. The van der Waals surface area contributed by atoms with E-state index in [2.05, 4.69) is 10.2 Å². The fraction of sp³-hybridized carbons (Fsp3) is 0.421. The number of aliphatic hydroxyl groups is 1. The van der Waals surface area contributed by atoms with E-state index in [0.29, 0.717) is 37.5 Å². The van der Waals surface area contributed by atoms with Gasteiger partial charge < -0.3 is 19.7 Å². The molecule has 1 saturated heterocycles. The SMILES string of the molecule is Cc1ccc(C(=O)NCCN2CCC(O)(c3ccc(F)cc3)CC2)o1. The molecule has 2 N–H and O–H groups in total. The standard InChI is InChI=1S/C19H23FN2O3/c1-14-2-7-17(25-14)18(23)21-10-13-22-11-8-19(24,9-12-22)15-3-5-16(20)6-4-15/h2-7,24H,8-13H2,1H3,(H,21,23). The molecule has 0 unspecified atom stereocenters. The lowest BCUT2D eigenvalue weighted by Gasteiger charge is -2.38. The lowest BCUT2D eigenvalue weighted by Crippen LogP contribution is -2.45. The molecular formula is C19H23FN2O3. The Morgan fingerprint density at radius 3 is 2.52 bits per heavy atom. The zero-order chi connectivity index (χ0) is 17.9. The second-order valence-corrected chi connectivity index (χ2v) is 6.55. The number of carbonyl (C=O) groups excluding carboxylic acids is 1. The first-order chi connectivity index (χ1) is 12.0. The van der Waals surface area contributed by atoms with Crippen LogP contribution in [-0.4, -0.2) is 42.1 Å². The number of halogens is 1. The maximum Gasteiger partial charge on any atom is 0.287 e. The van der Waals surface area contributed by atoms with Crippen LogP contribution in [0.5, 0.6) is 0 Å². The van der Waals surface area contributed by atoms with Crippen LogP contribution in [0.25, 0.3) is 0 Å². The summed E-state index contributed by atoms with van der Waals surface area (Å²) in [5.74, 6) is 0.517. The largest absolute Gasteiger partial charge is 0.456 e. The molecule has 1 aliphatic rings. The van der Waals surface area contributed by atoms with E-state index in [1.165, 1.54) is 12.1 Å². The van der Waals surface area contributed by atoms with Gasteiger partial charge in [-0.2, -0.15) is 0 Å².